The van der Waals surface area contributed by atoms with Crippen LogP contribution in [0.4, 0.5) is 5.69 Å². The third-order valence-electron chi connectivity index (χ3n) is 3.48. The number of nitrogens with zero attached hydrogens (tertiary/aromatic N) is 1. The lowest BCUT2D eigenvalue weighted by Gasteiger charge is -2.25. The third kappa shape index (κ3) is 2.47. The maximum absolute atomic E-state index is 6.10. The molecule has 1 unspecified atom stereocenters. The average Bonchev–Trinajstić information content (AvgIpc) is 2.40. The zero-order chi connectivity index (χ0) is 13.4. The number of benzene rings is 2. The molecule has 0 bridgehead atoms. The molecule has 4 N–H and O–H groups in total. The molecule has 0 aromatic heterocycles. The van der Waals surface area contributed by atoms with E-state index < -0.39 is 0 Å². The number of rotatable bonds is 1. The van der Waals surface area contributed by atoms with E-state index in [2.05, 4.69) is 4.99 Å². The maximum Gasteiger partial charge on any atom is 0.125 e. The number of nitrogens with two attached hydrogens (primary N) is 2. The Morgan fingerprint density at radius 2 is 1.80 bits per heavy atom. The summed E-state index contributed by atoms with van der Waals surface area (Å²) in [6, 6.07) is 13.6. The molecule has 1 aliphatic heterocycles. The molecular weight excluding hydrogens is 293 g/mol. The van der Waals surface area contributed by atoms with Crippen LogP contribution in [0.1, 0.15) is 22.6 Å². The van der Waals surface area contributed by atoms with Crippen molar-refractivity contribution in [3.8, 4) is 0 Å². The molecular formula is C15H15Cl2N3. The highest BCUT2D eigenvalue weighted by Crippen LogP contribution is 2.35. The van der Waals surface area contributed by atoms with E-state index in [4.69, 9.17) is 23.1 Å². The van der Waals surface area contributed by atoms with Crippen molar-refractivity contribution in [3.05, 3.63) is 64.2 Å². The van der Waals surface area contributed by atoms with Crippen molar-refractivity contribution in [1.82, 2.24) is 0 Å². The van der Waals surface area contributed by atoms with Gasteiger partial charge < -0.3 is 11.5 Å². The van der Waals surface area contributed by atoms with Gasteiger partial charge in [-0.1, -0.05) is 29.8 Å². The van der Waals surface area contributed by atoms with Gasteiger partial charge in [0.05, 0.1) is 6.54 Å². The maximum atomic E-state index is 6.10. The highest BCUT2D eigenvalue weighted by atomic mass is 35.5. The number of nitrogen functional groups attached to an aromatic ring is 1. The summed E-state index contributed by atoms with van der Waals surface area (Å²) >= 11 is 6.10. The molecule has 0 amide bonds. The molecule has 0 radical (unpaired) electrons. The predicted molar refractivity (Wildman–Crippen MR) is 87.0 cm³/mol. The van der Waals surface area contributed by atoms with E-state index in [0.717, 1.165) is 22.4 Å². The zero-order valence-corrected chi connectivity index (χ0v) is 12.3. The summed E-state index contributed by atoms with van der Waals surface area (Å²) in [5, 5.41) is 0.702. The van der Waals surface area contributed by atoms with Gasteiger partial charge in [0.1, 0.15) is 5.84 Å². The van der Waals surface area contributed by atoms with E-state index in [0.29, 0.717) is 17.4 Å². The Balaban J connectivity index is 0.00000147. The monoisotopic (exact) mass is 307 g/mol. The Morgan fingerprint density at radius 3 is 2.55 bits per heavy atom. The molecule has 0 aliphatic carbocycles. The lowest BCUT2D eigenvalue weighted by molar-refractivity contribution is 0.804. The van der Waals surface area contributed by atoms with Crippen molar-refractivity contribution in [3.63, 3.8) is 0 Å². The van der Waals surface area contributed by atoms with E-state index in [1.807, 2.05) is 42.5 Å². The van der Waals surface area contributed by atoms with Crippen LogP contribution >= 0.6 is 24.0 Å². The summed E-state index contributed by atoms with van der Waals surface area (Å²) in [5.41, 5.74) is 15.9. The van der Waals surface area contributed by atoms with Crippen LogP contribution in [0.5, 0.6) is 0 Å². The van der Waals surface area contributed by atoms with Crippen molar-refractivity contribution in [1.29, 1.82) is 0 Å². The molecule has 2 aromatic carbocycles. The molecule has 3 rings (SSSR count). The number of aliphatic imine (C=N–C) groups is 1. The van der Waals surface area contributed by atoms with Gasteiger partial charge in [-0.15, -0.1) is 12.4 Å². The second-order valence-corrected chi connectivity index (χ2v) is 5.08. The lowest BCUT2D eigenvalue weighted by Crippen LogP contribution is -2.24. The largest absolute Gasteiger partial charge is 0.398 e. The predicted octanol–water partition coefficient (Wildman–Crippen LogP) is 3.19. The van der Waals surface area contributed by atoms with Crippen molar-refractivity contribution in [2.24, 2.45) is 10.7 Å². The quantitative estimate of drug-likeness (QED) is 0.795. The van der Waals surface area contributed by atoms with Gasteiger partial charge in [-0.25, -0.2) is 0 Å². The summed E-state index contributed by atoms with van der Waals surface area (Å²) in [5.74, 6) is 0.680. The van der Waals surface area contributed by atoms with Crippen LogP contribution in [0.2, 0.25) is 5.02 Å². The number of para-hydroxylation sites is 1. The average molecular weight is 308 g/mol. The first kappa shape index (κ1) is 14.7. The minimum Gasteiger partial charge on any atom is -0.398 e. The van der Waals surface area contributed by atoms with E-state index in [9.17, 15) is 0 Å². The van der Waals surface area contributed by atoms with Crippen molar-refractivity contribution in [2.45, 2.75) is 5.92 Å². The van der Waals surface area contributed by atoms with Crippen LogP contribution in [-0.2, 0) is 0 Å². The molecule has 1 heterocycles. The molecule has 0 spiro atoms. The second kappa shape index (κ2) is 5.73. The number of hydrogen-bond donors (Lipinski definition) is 2. The molecule has 2 aromatic rings. The molecule has 20 heavy (non-hydrogen) atoms. The summed E-state index contributed by atoms with van der Waals surface area (Å²) in [7, 11) is 0. The van der Waals surface area contributed by atoms with Crippen LogP contribution < -0.4 is 11.5 Å². The molecule has 3 nitrogen and oxygen atoms in total. The van der Waals surface area contributed by atoms with Gasteiger partial charge in [-0.05, 0) is 35.4 Å². The van der Waals surface area contributed by atoms with Gasteiger partial charge >= 0.3 is 0 Å². The first-order valence-corrected chi connectivity index (χ1v) is 6.49. The van der Waals surface area contributed by atoms with E-state index in [1.165, 1.54) is 0 Å². The van der Waals surface area contributed by atoms with Crippen molar-refractivity contribution >= 4 is 35.5 Å². The second-order valence-electron chi connectivity index (χ2n) is 4.64. The minimum atomic E-state index is 0. The summed E-state index contributed by atoms with van der Waals surface area (Å²) in [6.07, 6.45) is 0. The smallest absolute Gasteiger partial charge is 0.125 e. The SMILES string of the molecule is Cl.NC1=NCC(c2ccccc2N)c2cc(Cl)ccc21. The minimum absolute atomic E-state index is 0. The van der Waals surface area contributed by atoms with Crippen LogP contribution in [-0.4, -0.2) is 12.4 Å². The Hall–Kier alpha value is -1.71. The van der Waals surface area contributed by atoms with Crippen LogP contribution in [0.15, 0.2) is 47.5 Å². The first-order chi connectivity index (χ1) is 9.16. The Bertz CT molecular complexity index is 668. The molecule has 0 saturated heterocycles. The van der Waals surface area contributed by atoms with Gasteiger partial charge in [0, 0.05) is 22.2 Å². The number of hydrogen-bond acceptors (Lipinski definition) is 3. The first-order valence-electron chi connectivity index (χ1n) is 6.11. The fourth-order valence-electron chi connectivity index (χ4n) is 2.52. The standard InChI is InChI=1S/C15H14ClN3.ClH/c16-9-5-6-11-12(7-9)13(8-19-15(11)18)10-3-1-2-4-14(10)17;/h1-7,13H,8,17H2,(H2,18,19);1H. The highest BCUT2D eigenvalue weighted by Gasteiger charge is 2.24. The summed E-state index contributed by atoms with van der Waals surface area (Å²) < 4.78 is 0. The fraction of sp³-hybridized carbons (Fsp3) is 0.133. The van der Waals surface area contributed by atoms with Gasteiger partial charge in [-0.3, -0.25) is 4.99 Å². The number of halogens is 2. The van der Waals surface area contributed by atoms with Crippen LogP contribution in [0.3, 0.4) is 0 Å². The summed E-state index contributed by atoms with van der Waals surface area (Å²) in [6.45, 7) is 0.605. The van der Waals surface area contributed by atoms with Gasteiger partial charge in [0.2, 0.25) is 0 Å². The highest BCUT2D eigenvalue weighted by molar-refractivity contribution is 6.30. The topological polar surface area (TPSA) is 64.4 Å². The third-order valence-corrected chi connectivity index (χ3v) is 3.72. The number of anilines is 1. The Labute approximate surface area is 129 Å². The zero-order valence-electron chi connectivity index (χ0n) is 10.7. The van der Waals surface area contributed by atoms with Gasteiger partial charge in [0.25, 0.3) is 0 Å². The Kier molecular flexibility index (Phi) is 4.21. The fourth-order valence-corrected chi connectivity index (χ4v) is 2.70. The van der Waals surface area contributed by atoms with Crippen LogP contribution in [0.25, 0.3) is 0 Å². The summed E-state index contributed by atoms with van der Waals surface area (Å²) in [4.78, 5) is 4.40. The lowest BCUT2D eigenvalue weighted by atomic mass is 9.85. The Morgan fingerprint density at radius 1 is 1.05 bits per heavy atom. The molecule has 1 aliphatic rings. The number of amidine groups is 1. The van der Waals surface area contributed by atoms with Crippen molar-refractivity contribution < 1.29 is 0 Å². The number of fused-ring (bicyclic) bond motifs is 1. The molecule has 0 fully saturated rings. The van der Waals surface area contributed by atoms with Gasteiger partial charge in [-0.2, -0.15) is 0 Å². The molecule has 5 heteroatoms. The molecule has 104 valence electrons. The normalized spacial score (nSPS) is 16.9. The molecule has 0 saturated carbocycles. The van der Waals surface area contributed by atoms with E-state index in [1.54, 1.807) is 0 Å². The van der Waals surface area contributed by atoms with Crippen molar-refractivity contribution in [2.75, 3.05) is 12.3 Å². The molecule has 1 atom stereocenters. The van der Waals surface area contributed by atoms with E-state index in [-0.39, 0.29) is 18.3 Å². The van der Waals surface area contributed by atoms with E-state index >= 15 is 0 Å². The van der Waals surface area contributed by atoms with Crippen LogP contribution in [0, 0.1) is 0 Å². The van der Waals surface area contributed by atoms with Gasteiger partial charge in [0.15, 0.2) is 0 Å².